The fraction of sp³-hybridized carbons (Fsp3) is 0.294. The van der Waals surface area contributed by atoms with Gasteiger partial charge in [0, 0.05) is 12.2 Å². The number of nitrogens with one attached hydrogen (secondary N) is 2. The van der Waals surface area contributed by atoms with Crippen LogP contribution in [0.15, 0.2) is 36.5 Å². The molecule has 120 valence electrons. The molecule has 0 unspecified atom stereocenters. The highest BCUT2D eigenvalue weighted by Crippen LogP contribution is 2.31. The number of nitrogens with zero attached hydrogens (tertiary/aromatic N) is 1. The summed E-state index contributed by atoms with van der Waals surface area (Å²) in [5.74, 6) is 0.531. The van der Waals surface area contributed by atoms with E-state index in [1.807, 2.05) is 6.07 Å². The number of halogens is 2. The topological polar surface area (TPSA) is 54.0 Å². The molecule has 3 rings (SSSR count). The Bertz CT molecular complexity index is 697. The van der Waals surface area contributed by atoms with Crippen LogP contribution in [0.4, 0.5) is 11.5 Å². The average molecular weight is 350 g/mol. The van der Waals surface area contributed by atoms with E-state index in [4.69, 9.17) is 23.2 Å². The first kappa shape index (κ1) is 16.1. The van der Waals surface area contributed by atoms with Crippen LogP contribution in [0.2, 0.25) is 10.0 Å². The van der Waals surface area contributed by atoms with Crippen molar-refractivity contribution in [2.45, 2.75) is 31.7 Å². The van der Waals surface area contributed by atoms with E-state index in [0.717, 1.165) is 12.8 Å². The van der Waals surface area contributed by atoms with E-state index >= 15 is 0 Å². The molecule has 0 atom stereocenters. The second-order valence-electron chi connectivity index (χ2n) is 5.61. The number of hydrogen-bond acceptors (Lipinski definition) is 3. The van der Waals surface area contributed by atoms with Gasteiger partial charge in [-0.25, -0.2) is 4.98 Å². The molecule has 0 bridgehead atoms. The molecule has 6 heteroatoms. The highest BCUT2D eigenvalue weighted by atomic mass is 35.5. The van der Waals surface area contributed by atoms with E-state index < -0.39 is 0 Å². The van der Waals surface area contributed by atoms with Gasteiger partial charge in [-0.1, -0.05) is 42.1 Å². The second-order valence-corrected chi connectivity index (χ2v) is 6.40. The van der Waals surface area contributed by atoms with E-state index in [1.54, 1.807) is 30.5 Å². The Labute approximate surface area is 145 Å². The largest absolute Gasteiger partial charge is 0.349 e. The summed E-state index contributed by atoms with van der Waals surface area (Å²) < 4.78 is 0. The number of benzene rings is 1. The molecular weight excluding hydrogens is 333 g/mol. The molecule has 1 aromatic heterocycles. The molecule has 1 fully saturated rings. The van der Waals surface area contributed by atoms with Gasteiger partial charge in [0.25, 0.3) is 5.91 Å². The molecule has 4 nitrogen and oxygen atoms in total. The van der Waals surface area contributed by atoms with Crippen LogP contribution in [0.5, 0.6) is 0 Å². The normalized spacial score (nSPS) is 14.7. The predicted molar refractivity (Wildman–Crippen MR) is 93.7 cm³/mol. The lowest BCUT2D eigenvalue weighted by Gasteiger charge is -2.12. The standard InChI is InChI=1S/C17H17Cl2N3O/c18-13-6-3-7-14(16(13)19)22-15-9-8-11(10-20-15)17(23)21-12-4-1-2-5-12/h3,6-10,12H,1-2,4-5H2,(H,20,22)(H,21,23). The maximum Gasteiger partial charge on any atom is 0.253 e. The minimum absolute atomic E-state index is 0.0725. The molecule has 1 aromatic carbocycles. The van der Waals surface area contributed by atoms with Gasteiger partial charge in [-0.05, 0) is 37.1 Å². The first-order valence-corrected chi connectivity index (χ1v) is 8.37. The molecule has 23 heavy (non-hydrogen) atoms. The van der Waals surface area contributed by atoms with Crippen molar-refractivity contribution in [3.05, 3.63) is 52.1 Å². The van der Waals surface area contributed by atoms with Crippen molar-refractivity contribution in [1.29, 1.82) is 0 Å². The number of anilines is 2. The fourth-order valence-corrected chi connectivity index (χ4v) is 3.03. The Morgan fingerprint density at radius 1 is 1.13 bits per heavy atom. The highest BCUT2D eigenvalue weighted by Gasteiger charge is 2.18. The van der Waals surface area contributed by atoms with E-state index in [2.05, 4.69) is 15.6 Å². The molecule has 1 aliphatic carbocycles. The number of pyridine rings is 1. The van der Waals surface area contributed by atoms with E-state index in [-0.39, 0.29) is 5.91 Å². The van der Waals surface area contributed by atoms with Crippen molar-refractivity contribution in [2.24, 2.45) is 0 Å². The van der Waals surface area contributed by atoms with Crippen molar-refractivity contribution in [3.63, 3.8) is 0 Å². The molecular formula is C17H17Cl2N3O. The van der Waals surface area contributed by atoms with Gasteiger partial charge >= 0.3 is 0 Å². The zero-order valence-corrected chi connectivity index (χ0v) is 14.0. The third-order valence-corrected chi connectivity index (χ3v) is 4.75. The maximum absolute atomic E-state index is 12.2. The smallest absolute Gasteiger partial charge is 0.253 e. The summed E-state index contributed by atoms with van der Waals surface area (Å²) in [6.45, 7) is 0. The molecule has 2 aromatic rings. The van der Waals surface area contributed by atoms with Gasteiger partial charge in [0.05, 0.1) is 21.3 Å². The minimum atomic E-state index is -0.0725. The van der Waals surface area contributed by atoms with E-state index in [0.29, 0.717) is 33.2 Å². The van der Waals surface area contributed by atoms with Crippen LogP contribution in [0.3, 0.4) is 0 Å². The first-order valence-electron chi connectivity index (χ1n) is 7.61. The van der Waals surface area contributed by atoms with E-state index in [1.165, 1.54) is 12.8 Å². The third-order valence-electron chi connectivity index (χ3n) is 3.93. The van der Waals surface area contributed by atoms with Gasteiger partial charge in [-0.3, -0.25) is 4.79 Å². The monoisotopic (exact) mass is 349 g/mol. The van der Waals surface area contributed by atoms with Crippen molar-refractivity contribution in [2.75, 3.05) is 5.32 Å². The van der Waals surface area contributed by atoms with Crippen LogP contribution in [0.1, 0.15) is 36.0 Å². The minimum Gasteiger partial charge on any atom is -0.349 e. The molecule has 0 aliphatic heterocycles. The summed E-state index contributed by atoms with van der Waals surface area (Å²) >= 11 is 12.1. The fourth-order valence-electron chi connectivity index (χ4n) is 2.68. The predicted octanol–water partition coefficient (Wildman–Crippen LogP) is 4.80. The summed E-state index contributed by atoms with van der Waals surface area (Å²) in [6.07, 6.45) is 6.06. The summed E-state index contributed by atoms with van der Waals surface area (Å²) in [5, 5.41) is 7.06. The van der Waals surface area contributed by atoms with Crippen molar-refractivity contribution >= 4 is 40.6 Å². The Balaban J connectivity index is 1.66. The molecule has 0 spiro atoms. The lowest BCUT2D eigenvalue weighted by atomic mass is 10.2. The SMILES string of the molecule is O=C(NC1CCCC1)c1ccc(Nc2cccc(Cl)c2Cl)nc1. The Kier molecular flexibility index (Phi) is 5.03. The number of carbonyl (C=O) groups excluding carboxylic acids is 1. The molecule has 1 saturated carbocycles. The number of amides is 1. The van der Waals surface area contributed by atoms with Gasteiger partial charge in [0.15, 0.2) is 0 Å². The molecule has 0 saturated heterocycles. The van der Waals surface area contributed by atoms with Gasteiger partial charge in [-0.15, -0.1) is 0 Å². The second kappa shape index (κ2) is 7.20. The van der Waals surface area contributed by atoms with Crippen LogP contribution < -0.4 is 10.6 Å². The quantitative estimate of drug-likeness (QED) is 0.832. The van der Waals surface area contributed by atoms with Gasteiger partial charge in [0.2, 0.25) is 0 Å². The molecule has 2 N–H and O–H groups in total. The van der Waals surface area contributed by atoms with Crippen LogP contribution in [0, 0.1) is 0 Å². The highest BCUT2D eigenvalue weighted by molar-refractivity contribution is 6.43. The van der Waals surface area contributed by atoms with Crippen LogP contribution in [-0.2, 0) is 0 Å². The van der Waals surface area contributed by atoms with Gasteiger partial charge in [-0.2, -0.15) is 0 Å². The van der Waals surface area contributed by atoms with Crippen molar-refractivity contribution < 1.29 is 4.79 Å². The van der Waals surface area contributed by atoms with Crippen molar-refractivity contribution in [3.8, 4) is 0 Å². The zero-order valence-electron chi connectivity index (χ0n) is 12.5. The Morgan fingerprint density at radius 2 is 1.91 bits per heavy atom. The lowest BCUT2D eigenvalue weighted by Crippen LogP contribution is -2.32. The van der Waals surface area contributed by atoms with Crippen LogP contribution in [0.25, 0.3) is 0 Å². The number of hydrogen-bond donors (Lipinski definition) is 2. The zero-order chi connectivity index (χ0) is 16.2. The van der Waals surface area contributed by atoms with E-state index in [9.17, 15) is 4.79 Å². The molecule has 1 heterocycles. The Morgan fingerprint density at radius 3 is 2.61 bits per heavy atom. The maximum atomic E-state index is 12.2. The third kappa shape index (κ3) is 3.95. The molecule has 1 amide bonds. The Hall–Kier alpha value is -1.78. The lowest BCUT2D eigenvalue weighted by molar-refractivity contribution is 0.0937. The average Bonchev–Trinajstić information content (AvgIpc) is 3.05. The van der Waals surface area contributed by atoms with Crippen molar-refractivity contribution in [1.82, 2.24) is 10.3 Å². The first-order chi connectivity index (χ1) is 11.1. The van der Waals surface area contributed by atoms with Crippen LogP contribution >= 0.6 is 23.2 Å². The summed E-state index contributed by atoms with van der Waals surface area (Å²) in [4.78, 5) is 16.4. The summed E-state index contributed by atoms with van der Waals surface area (Å²) in [6, 6.07) is 9.14. The number of aromatic nitrogens is 1. The van der Waals surface area contributed by atoms with Gasteiger partial charge < -0.3 is 10.6 Å². The summed E-state index contributed by atoms with van der Waals surface area (Å²) in [7, 11) is 0. The molecule has 1 aliphatic rings. The summed E-state index contributed by atoms with van der Waals surface area (Å²) in [5.41, 5.74) is 1.23. The van der Waals surface area contributed by atoms with Gasteiger partial charge in [0.1, 0.15) is 5.82 Å². The number of carbonyl (C=O) groups is 1. The molecule has 0 radical (unpaired) electrons. The number of rotatable bonds is 4. The van der Waals surface area contributed by atoms with Crippen LogP contribution in [-0.4, -0.2) is 16.9 Å².